The third-order valence-corrected chi connectivity index (χ3v) is 2.81. The van der Waals surface area contributed by atoms with Crippen LogP contribution in [-0.4, -0.2) is 42.1 Å². The predicted octanol–water partition coefficient (Wildman–Crippen LogP) is 2.53. The summed E-state index contributed by atoms with van der Waals surface area (Å²) in [6.07, 6.45) is 3.63. The molecule has 0 atom stereocenters. The van der Waals surface area contributed by atoms with E-state index in [0.717, 1.165) is 11.4 Å². The second-order valence-corrected chi connectivity index (χ2v) is 5.05. The Labute approximate surface area is 103 Å². The van der Waals surface area contributed by atoms with Crippen LogP contribution in [0.4, 0.5) is 0 Å². The molecular formula is C12H23NO2S. The van der Waals surface area contributed by atoms with E-state index < -0.39 is 0 Å². The van der Waals surface area contributed by atoms with E-state index in [0.29, 0.717) is 12.1 Å². The predicted molar refractivity (Wildman–Crippen MR) is 70.6 cm³/mol. The van der Waals surface area contributed by atoms with E-state index in [-0.39, 0.29) is 5.97 Å². The normalized spacial score (nSPS) is 12.1. The van der Waals surface area contributed by atoms with Crippen molar-refractivity contribution < 1.29 is 9.53 Å². The van der Waals surface area contributed by atoms with Crippen LogP contribution in [0, 0.1) is 0 Å². The zero-order valence-corrected chi connectivity index (χ0v) is 11.9. The van der Waals surface area contributed by atoms with Crippen LogP contribution in [0.25, 0.3) is 0 Å². The van der Waals surface area contributed by atoms with E-state index in [1.54, 1.807) is 17.8 Å². The molecule has 0 saturated carbocycles. The Morgan fingerprint density at radius 3 is 2.12 bits per heavy atom. The van der Waals surface area contributed by atoms with Crippen molar-refractivity contribution in [1.82, 2.24) is 4.90 Å². The highest BCUT2D eigenvalue weighted by atomic mass is 32.2. The van der Waals surface area contributed by atoms with E-state index in [9.17, 15) is 4.79 Å². The molecule has 0 aromatic carbocycles. The van der Waals surface area contributed by atoms with Gasteiger partial charge in [-0.25, -0.2) is 4.79 Å². The molecule has 0 N–H and O–H groups in total. The maximum Gasteiger partial charge on any atom is 0.332 e. The first kappa shape index (κ1) is 15.4. The standard InChI is InChI=1S/C12H23NO2S/c1-9(2)13(10(3)4)11(8-16-6)7-12(14)15-5/h7,9-10H,8H2,1-6H3/b11-7+. The van der Waals surface area contributed by atoms with E-state index in [1.165, 1.54) is 7.11 Å². The number of ether oxygens (including phenoxy) is 1. The number of hydrogen-bond acceptors (Lipinski definition) is 4. The Morgan fingerprint density at radius 2 is 1.81 bits per heavy atom. The molecule has 0 aliphatic heterocycles. The van der Waals surface area contributed by atoms with Gasteiger partial charge in [0, 0.05) is 29.6 Å². The summed E-state index contributed by atoms with van der Waals surface area (Å²) in [5.41, 5.74) is 1.03. The van der Waals surface area contributed by atoms with Gasteiger partial charge < -0.3 is 9.64 Å². The fourth-order valence-corrected chi connectivity index (χ4v) is 2.32. The SMILES string of the molecule is COC(=O)/C=C(\CSC)N(C(C)C)C(C)C. The second kappa shape index (κ2) is 7.60. The van der Waals surface area contributed by atoms with E-state index in [2.05, 4.69) is 37.3 Å². The molecule has 0 unspecified atom stereocenters. The number of methoxy groups -OCH3 is 1. The largest absolute Gasteiger partial charge is 0.466 e. The fraction of sp³-hybridized carbons (Fsp3) is 0.750. The molecule has 0 saturated heterocycles. The van der Waals surface area contributed by atoms with Crippen molar-refractivity contribution in [3.8, 4) is 0 Å². The number of nitrogens with zero attached hydrogens (tertiary/aromatic N) is 1. The van der Waals surface area contributed by atoms with Crippen molar-refractivity contribution in [2.45, 2.75) is 39.8 Å². The quantitative estimate of drug-likeness (QED) is 0.531. The lowest BCUT2D eigenvalue weighted by Crippen LogP contribution is -2.37. The zero-order chi connectivity index (χ0) is 12.7. The van der Waals surface area contributed by atoms with Gasteiger partial charge in [-0.15, -0.1) is 0 Å². The summed E-state index contributed by atoms with van der Waals surface area (Å²) in [5, 5.41) is 0. The average molecular weight is 245 g/mol. The minimum absolute atomic E-state index is 0.282. The van der Waals surface area contributed by atoms with Crippen molar-refractivity contribution in [2.75, 3.05) is 19.1 Å². The fourth-order valence-electron chi connectivity index (χ4n) is 1.79. The minimum Gasteiger partial charge on any atom is -0.466 e. The van der Waals surface area contributed by atoms with Gasteiger partial charge in [0.25, 0.3) is 0 Å². The van der Waals surface area contributed by atoms with Crippen molar-refractivity contribution >= 4 is 17.7 Å². The van der Waals surface area contributed by atoms with Gasteiger partial charge >= 0.3 is 5.97 Å². The Morgan fingerprint density at radius 1 is 1.31 bits per heavy atom. The van der Waals surface area contributed by atoms with Crippen LogP contribution in [0.3, 0.4) is 0 Å². The molecule has 0 aliphatic rings. The summed E-state index contributed by atoms with van der Waals surface area (Å²) in [5.74, 6) is 0.543. The Kier molecular flexibility index (Phi) is 7.30. The van der Waals surface area contributed by atoms with Gasteiger partial charge in [0.15, 0.2) is 0 Å². The molecule has 0 heterocycles. The van der Waals surface area contributed by atoms with Crippen molar-refractivity contribution in [1.29, 1.82) is 0 Å². The first-order valence-corrected chi connectivity index (χ1v) is 6.89. The average Bonchev–Trinajstić information content (AvgIpc) is 2.16. The highest BCUT2D eigenvalue weighted by molar-refractivity contribution is 7.98. The van der Waals surface area contributed by atoms with Crippen LogP contribution in [0.2, 0.25) is 0 Å². The number of hydrogen-bond donors (Lipinski definition) is 0. The first-order chi connectivity index (χ1) is 7.43. The topological polar surface area (TPSA) is 29.5 Å². The Hall–Kier alpha value is -0.640. The van der Waals surface area contributed by atoms with Crippen molar-refractivity contribution in [3.05, 3.63) is 11.8 Å². The molecule has 0 radical (unpaired) electrons. The third kappa shape index (κ3) is 4.92. The van der Waals surface area contributed by atoms with Crippen LogP contribution in [0.15, 0.2) is 11.8 Å². The molecule has 3 nitrogen and oxygen atoms in total. The van der Waals surface area contributed by atoms with Gasteiger partial charge in [-0.3, -0.25) is 0 Å². The highest BCUT2D eigenvalue weighted by Crippen LogP contribution is 2.17. The summed E-state index contributed by atoms with van der Waals surface area (Å²) in [6, 6.07) is 0.756. The lowest BCUT2D eigenvalue weighted by Gasteiger charge is -2.35. The third-order valence-electron chi connectivity index (χ3n) is 2.22. The van der Waals surface area contributed by atoms with Gasteiger partial charge in [-0.05, 0) is 34.0 Å². The van der Waals surface area contributed by atoms with Gasteiger partial charge in [0.1, 0.15) is 0 Å². The smallest absolute Gasteiger partial charge is 0.332 e. The van der Waals surface area contributed by atoms with Crippen LogP contribution in [0.1, 0.15) is 27.7 Å². The number of carbonyl (C=O) groups excluding carboxylic acids is 1. The van der Waals surface area contributed by atoms with Crippen LogP contribution >= 0.6 is 11.8 Å². The monoisotopic (exact) mass is 245 g/mol. The maximum absolute atomic E-state index is 11.3. The second-order valence-electron chi connectivity index (χ2n) is 4.19. The maximum atomic E-state index is 11.3. The summed E-state index contributed by atoms with van der Waals surface area (Å²) in [7, 11) is 1.41. The number of esters is 1. The van der Waals surface area contributed by atoms with Crippen LogP contribution in [0.5, 0.6) is 0 Å². The first-order valence-electron chi connectivity index (χ1n) is 5.49. The Bertz CT molecular complexity index is 241. The lowest BCUT2D eigenvalue weighted by atomic mass is 10.2. The van der Waals surface area contributed by atoms with Gasteiger partial charge in [-0.1, -0.05) is 0 Å². The summed E-state index contributed by atoms with van der Waals surface area (Å²) < 4.78 is 4.69. The number of carbonyl (C=O) groups is 1. The molecule has 16 heavy (non-hydrogen) atoms. The summed E-state index contributed by atoms with van der Waals surface area (Å²) in [4.78, 5) is 13.6. The van der Waals surface area contributed by atoms with Gasteiger partial charge in [-0.2, -0.15) is 11.8 Å². The van der Waals surface area contributed by atoms with Gasteiger partial charge in [0.05, 0.1) is 7.11 Å². The zero-order valence-electron chi connectivity index (χ0n) is 11.1. The van der Waals surface area contributed by atoms with E-state index in [4.69, 9.17) is 0 Å². The summed E-state index contributed by atoms with van der Waals surface area (Å²) in [6.45, 7) is 8.52. The van der Waals surface area contributed by atoms with Crippen LogP contribution < -0.4 is 0 Å². The molecule has 0 rings (SSSR count). The number of thioether (sulfide) groups is 1. The molecule has 0 amide bonds. The molecule has 0 aromatic rings. The van der Waals surface area contributed by atoms with Gasteiger partial charge in [0.2, 0.25) is 0 Å². The molecular weight excluding hydrogens is 222 g/mol. The molecule has 0 bridgehead atoms. The minimum atomic E-state index is -0.282. The molecule has 0 fully saturated rings. The molecule has 0 aliphatic carbocycles. The molecule has 0 aromatic heterocycles. The van der Waals surface area contributed by atoms with E-state index >= 15 is 0 Å². The molecule has 4 heteroatoms. The molecule has 94 valence electrons. The highest BCUT2D eigenvalue weighted by Gasteiger charge is 2.17. The molecule has 0 spiro atoms. The lowest BCUT2D eigenvalue weighted by molar-refractivity contribution is -0.135. The van der Waals surface area contributed by atoms with Crippen LogP contribution in [-0.2, 0) is 9.53 Å². The number of rotatable bonds is 6. The summed E-state index contributed by atoms with van der Waals surface area (Å²) >= 11 is 1.71. The van der Waals surface area contributed by atoms with E-state index in [1.807, 2.05) is 6.26 Å². The van der Waals surface area contributed by atoms with Crippen molar-refractivity contribution in [3.63, 3.8) is 0 Å². The van der Waals surface area contributed by atoms with Crippen molar-refractivity contribution in [2.24, 2.45) is 0 Å². The Balaban J connectivity index is 4.98.